The number of aryl methyl sites for hydroxylation is 2. The maximum Gasteiger partial charge on any atom is 0.223 e. The van der Waals surface area contributed by atoms with E-state index in [0.717, 1.165) is 48.4 Å². The zero-order valence-corrected chi connectivity index (χ0v) is 20.2. The Labute approximate surface area is 200 Å². The average Bonchev–Trinajstić information content (AvgIpc) is 3.24. The smallest absolute Gasteiger partial charge is 0.223 e. The number of imidazole rings is 1. The van der Waals surface area contributed by atoms with E-state index in [1.165, 1.54) is 10.5 Å². The number of rotatable bonds is 8. The van der Waals surface area contributed by atoms with E-state index in [9.17, 15) is 9.59 Å². The van der Waals surface area contributed by atoms with Gasteiger partial charge in [-0.15, -0.1) is 0 Å². The summed E-state index contributed by atoms with van der Waals surface area (Å²) < 4.78 is 7.65. The van der Waals surface area contributed by atoms with Gasteiger partial charge in [0.25, 0.3) is 0 Å². The van der Waals surface area contributed by atoms with Crippen LogP contribution in [0.2, 0.25) is 0 Å². The summed E-state index contributed by atoms with van der Waals surface area (Å²) in [7, 11) is 5.11. The molecule has 4 rings (SSSR count). The Hall–Kier alpha value is -3.42. The Morgan fingerprint density at radius 3 is 2.62 bits per heavy atom. The molecule has 2 amide bonds. The van der Waals surface area contributed by atoms with Crippen LogP contribution in [0.5, 0.6) is 5.75 Å². The van der Waals surface area contributed by atoms with E-state index in [2.05, 4.69) is 21.7 Å². The third-order valence-electron chi connectivity index (χ3n) is 6.53. The number of piperidine rings is 1. The molecule has 1 fully saturated rings. The summed E-state index contributed by atoms with van der Waals surface area (Å²) in [4.78, 5) is 37.4. The lowest BCUT2D eigenvalue weighted by Crippen LogP contribution is -2.39. The van der Waals surface area contributed by atoms with E-state index in [1.54, 1.807) is 21.2 Å². The van der Waals surface area contributed by atoms with Crippen LogP contribution in [-0.4, -0.2) is 70.4 Å². The molecule has 0 unspecified atom stereocenters. The molecule has 180 valence electrons. The van der Waals surface area contributed by atoms with Gasteiger partial charge >= 0.3 is 0 Å². The molecule has 1 aromatic carbocycles. The van der Waals surface area contributed by atoms with Crippen molar-refractivity contribution in [3.05, 3.63) is 54.0 Å². The number of likely N-dealkylation sites (tertiary alicyclic amines) is 1. The molecule has 1 saturated heterocycles. The van der Waals surface area contributed by atoms with E-state index < -0.39 is 0 Å². The Morgan fingerprint density at radius 2 is 1.88 bits per heavy atom. The number of benzene rings is 1. The standard InChI is InChI=1S/C26H33N5O3/c1-29(2)24(32)11-12-25(33)30-16-13-20(14-17-30)31-23(28-22-8-5-15-27-26(22)31)10-9-19-6-4-7-21(18-19)34-3/h4-8,15,18,20H,9-14,16-17H2,1-3H3. The van der Waals surface area contributed by atoms with Crippen LogP contribution in [0.1, 0.15) is 43.1 Å². The molecule has 0 radical (unpaired) electrons. The predicted molar refractivity (Wildman–Crippen MR) is 131 cm³/mol. The third kappa shape index (κ3) is 5.38. The zero-order chi connectivity index (χ0) is 24.1. The van der Waals surface area contributed by atoms with Gasteiger partial charge in [-0.25, -0.2) is 9.97 Å². The molecule has 3 aromatic rings. The van der Waals surface area contributed by atoms with Crippen LogP contribution in [0.25, 0.3) is 11.2 Å². The van der Waals surface area contributed by atoms with Gasteiger partial charge in [0, 0.05) is 58.7 Å². The lowest BCUT2D eigenvalue weighted by atomic mass is 10.0. The molecule has 0 saturated carbocycles. The maximum absolute atomic E-state index is 12.6. The van der Waals surface area contributed by atoms with Gasteiger partial charge in [-0.05, 0) is 49.1 Å². The van der Waals surface area contributed by atoms with E-state index in [-0.39, 0.29) is 30.7 Å². The molecule has 0 aliphatic carbocycles. The van der Waals surface area contributed by atoms with Gasteiger partial charge in [-0.1, -0.05) is 12.1 Å². The molecule has 1 aliphatic rings. The summed E-state index contributed by atoms with van der Waals surface area (Å²) in [5.41, 5.74) is 3.02. The quantitative estimate of drug-likeness (QED) is 0.512. The highest BCUT2D eigenvalue weighted by Crippen LogP contribution is 2.29. The first-order valence-electron chi connectivity index (χ1n) is 11.9. The van der Waals surface area contributed by atoms with Gasteiger partial charge in [0.15, 0.2) is 5.65 Å². The largest absolute Gasteiger partial charge is 0.497 e. The summed E-state index contributed by atoms with van der Waals surface area (Å²) in [5.74, 6) is 1.93. The number of ether oxygens (including phenoxy) is 1. The SMILES string of the molecule is COc1cccc(CCc2nc3cccnc3n2C2CCN(C(=O)CCC(=O)N(C)C)CC2)c1. The van der Waals surface area contributed by atoms with Crippen molar-refractivity contribution >= 4 is 23.0 Å². The van der Waals surface area contributed by atoms with E-state index in [1.807, 2.05) is 35.4 Å². The number of methoxy groups -OCH3 is 1. The molecule has 0 atom stereocenters. The molecule has 0 N–H and O–H groups in total. The minimum absolute atomic E-state index is 0.0140. The third-order valence-corrected chi connectivity index (χ3v) is 6.53. The fourth-order valence-corrected chi connectivity index (χ4v) is 4.59. The van der Waals surface area contributed by atoms with Crippen LogP contribution in [-0.2, 0) is 22.4 Å². The normalized spacial score (nSPS) is 14.4. The van der Waals surface area contributed by atoms with Crippen molar-refractivity contribution in [2.24, 2.45) is 0 Å². The highest BCUT2D eigenvalue weighted by atomic mass is 16.5. The van der Waals surface area contributed by atoms with Crippen LogP contribution in [0.15, 0.2) is 42.6 Å². The highest BCUT2D eigenvalue weighted by molar-refractivity contribution is 5.83. The number of hydrogen-bond acceptors (Lipinski definition) is 5. The number of fused-ring (bicyclic) bond motifs is 1. The zero-order valence-electron chi connectivity index (χ0n) is 20.2. The Bertz CT molecular complexity index is 1150. The van der Waals surface area contributed by atoms with Crippen LogP contribution < -0.4 is 4.74 Å². The van der Waals surface area contributed by atoms with Crippen LogP contribution in [0.3, 0.4) is 0 Å². The van der Waals surface area contributed by atoms with Gasteiger partial charge in [-0.3, -0.25) is 9.59 Å². The number of hydrogen-bond donors (Lipinski definition) is 0. The molecule has 3 heterocycles. The van der Waals surface area contributed by atoms with Gasteiger partial charge in [0.2, 0.25) is 11.8 Å². The summed E-state index contributed by atoms with van der Waals surface area (Å²) in [6.45, 7) is 1.36. The van der Waals surface area contributed by atoms with Gasteiger partial charge in [0.1, 0.15) is 17.1 Å². The topological polar surface area (TPSA) is 80.6 Å². The lowest BCUT2D eigenvalue weighted by molar-refractivity contribution is -0.136. The van der Waals surface area contributed by atoms with E-state index in [4.69, 9.17) is 9.72 Å². The van der Waals surface area contributed by atoms with Crippen molar-refractivity contribution in [2.75, 3.05) is 34.3 Å². The van der Waals surface area contributed by atoms with Gasteiger partial charge in [0.05, 0.1) is 7.11 Å². The minimum Gasteiger partial charge on any atom is -0.497 e. The second-order valence-corrected chi connectivity index (χ2v) is 9.00. The van der Waals surface area contributed by atoms with Gasteiger partial charge < -0.3 is 19.1 Å². The number of amides is 2. The predicted octanol–water partition coefficient (Wildman–Crippen LogP) is 3.26. The fourth-order valence-electron chi connectivity index (χ4n) is 4.59. The second-order valence-electron chi connectivity index (χ2n) is 9.00. The van der Waals surface area contributed by atoms with E-state index in [0.29, 0.717) is 13.1 Å². The van der Waals surface area contributed by atoms with Crippen molar-refractivity contribution in [3.63, 3.8) is 0 Å². The second kappa shape index (κ2) is 10.7. The minimum atomic E-state index is -0.0140. The first-order chi connectivity index (χ1) is 16.5. The number of pyridine rings is 1. The molecule has 1 aliphatic heterocycles. The van der Waals surface area contributed by atoms with Crippen LogP contribution >= 0.6 is 0 Å². The Balaban J connectivity index is 1.45. The van der Waals surface area contributed by atoms with Crippen LogP contribution in [0.4, 0.5) is 0 Å². The number of carbonyl (C=O) groups is 2. The average molecular weight is 464 g/mol. The summed E-state index contributed by atoms with van der Waals surface area (Å²) in [5, 5.41) is 0. The summed E-state index contributed by atoms with van der Waals surface area (Å²) in [6, 6.07) is 12.3. The first kappa shape index (κ1) is 23.7. The molecule has 0 spiro atoms. The lowest BCUT2D eigenvalue weighted by Gasteiger charge is -2.33. The number of carbonyl (C=O) groups excluding carboxylic acids is 2. The molecular formula is C26H33N5O3. The van der Waals surface area contributed by atoms with Crippen LogP contribution in [0, 0.1) is 0 Å². The van der Waals surface area contributed by atoms with Gasteiger partial charge in [-0.2, -0.15) is 0 Å². The molecule has 8 nitrogen and oxygen atoms in total. The van der Waals surface area contributed by atoms with Crippen molar-refractivity contribution < 1.29 is 14.3 Å². The van der Waals surface area contributed by atoms with Crippen molar-refractivity contribution in [1.82, 2.24) is 24.3 Å². The summed E-state index contributed by atoms with van der Waals surface area (Å²) >= 11 is 0. The Kier molecular flexibility index (Phi) is 7.45. The van der Waals surface area contributed by atoms with Crippen molar-refractivity contribution in [2.45, 2.75) is 44.6 Å². The molecule has 34 heavy (non-hydrogen) atoms. The highest BCUT2D eigenvalue weighted by Gasteiger charge is 2.27. The Morgan fingerprint density at radius 1 is 1.09 bits per heavy atom. The molecule has 2 aromatic heterocycles. The number of nitrogens with zero attached hydrogens (tertiary/aromatic N) is 5. The summed E-state index contributed by atoms with van der Waals surface area (Å²) in [6.07, 6.45) is 5.70. The number of aromatic nitrogens is 3. The monoisotopic (exact) mass is 463 g/mol. The molecule has 8 heteroatoms. The molecule has 0 bridgehead atoms. The fraction of sp³-hybridized carbons (Fsp3) is 0.462. The van der Waals surface area contributed by atoms with Crippen molar-refractivity contribution in [1.29, 1.82) is 0 Å². The van der Waals surface area contributed by atoms with Crippen molar-refractivity contribution in [3.8, 4) is 5.75 Å². The van der Waals surface area contributed by atoms with E-state index >= 15 is 0 Å². The molecular weight excluding hydrogens is 430 g/mol. The maximum atomic E-state index is 12.6. The first-order valence-corrected chi connectivity index (χ1v) is 11.9.